The number of benzene rings is 1. The molecule has 0 unspecified atom stereocenters. The van der Waals surface area contributed by atoms with E-state index in [4.69, 9.17) is 0 Å². The second-order valence-electron chi connectivity index (χ2n) is 5.78. The van der Waals surface area contributed by atoms with Gasteiger partial charge in [-0.05, 0) is 61.4 Å². The maximum absolute atomic E-state index is 13.4. The quantitative estimate of drug-likeness (QED) is 0.708. The van der Waals surface area contributed by atoms with Gasteiger partial charge in [0.15, 0.2) is 9.84 Å². The molecular formula is C21H24FNO2S. The molecule has 26 heavy (non-hydrogen) atoms. The van der Waals surface area contributed by atoms with Crippen LogP contribution in [0, 0.1) is 6.92 Å². The molecule has 0 radical (unpaired) electrons. The van der Waals surface area contributed by atoms with Crippen molar-refractivity contribution in [3.8, 4) is 11.3 Å². The van der Waals surface area contributed by atoms with E-state index < -0.39 is 9.84 Å². The van der Waals surface area contributed by atoms with Crippen LogP contribution in [-0.2, 0) is 9.84 Å². The molecule has 0 atom stereocenters. The van der Waals surface area contributed by atoms with Crippen molar-refractivity contribution >= 4 is 15.5 Å². The Morgan fingerprint density at radius 3 is 2.23 bits per heavy atom. The maximum atomic E-state index is 13.4. The number of nitrogens with zero attached hydrogens (tertiary/aromatic N) is 1. The fourth-order valence-corrected chi connectivity index (χ4v) is 3.37. The third kappa shape index (κ3) is 4.41. The minimum Gasteiger partial charge on any atom is -0.314 e. The highest BCUT2D eigenvalue weighted by atomic mass is 32.2. The maximum Gasteiger partial charge on any atom is 0.175 e. The van der Waals surface area contributed by atoms with Crippen molar-refractivity contribution in [2.24, 2.45) is 0 Å². The summed E-state index contributed by atoms with van der Waals surface area (Å²) in [7, 11) is -3.22. The van der Waals surface area contributed by atoms with Crippen molar-refractivity contribution in [3.63, 3.8) is 0 Å². The van der Waals surface area contributed by atoms with E-state index in [9.17, 15) is 12.8 Å². The molecule has 2 aromatic rings. The second-order valence-corrected chi connectivity index (χ2v) is 7.79. The van der Waals surface area contributed by atoms with Crippen LogP contribution in [0.1, 0.15) is 26.0 Å². The van der Waals surface area contributed by atoms with Gasteiger partial charge in [-0.15, -0.1) is 0 Å². The Morgan fingerprint density at radius 1 is 0.962 bits per heavy atom. The van der Waals surface area contributed by atoms with Gasteiger partial charge in [-0.3, -0.25) is 0 Å². The molecule has 3 rings (SSSR count). The van der Waals surface area contributed by atoms with Crippen LogP contribution in [0.15, 0.2) is 71.4 Å². The third-order valence-electron chi connectivity index (χ3n) is 3.97. The van der Waals surface area contributed by atoms with Crippen molar-refractivity contribution < 1.29 is 12.8 Å². The van der Waals surface area contributed by atoms with Gasteiger partial charge in [0.05, 0.1) is 10.6 Å². The highest BCUT2D eigenvalue weighted by Crippen LogP contribution is 2.29. The molecular weight excluding hydrogens is 349 g/mol. The van der Waals surface area contributed by atoms with E-state index in [0.717, 1.165) is 22.6 Å². The molecule has 5 heteroatoms. The highest BCUT2D eigenvalue weighted by Gasteiger charge is 2.12. The summed E-state index contributed by atoms with van der Waals surface area (Å²) in [6, 6.07) is 10.8. The molecule has 0 spiro atoms. The number of allylic oxidation sites excluding steroid dienone is 6. The molecule has 0 bridgehead atoms. The van der Waals surface area contributed by atoms with Crippen LogP contribution >= 0.6 is 0 Å². The Morgan fingerprint density at radius 2 is 1.62 bits per heavy atom. The molecule has 1 aromatic heterocycles. The van der Waals surface area contributed by atoms with Gasteiger partial charge in [0.1, 0.15) is 5.83 Å². The zero-order chi connectivity index (χ0) is 19.3. The largest absolute Gasteiger partial charge is 0.314 e. The third-order valence-corrected chi connectivity index (χ3v) is 5.09. The Balaban J connectivity index is 0.00000117. The van der Waals surface area contributed by atoms with Gasteiger partial charge in [-0.25, -0.2) is 12.8 Å². The first-order chi connectivity index (χ1) is 12.4. The van der Waals surface area contributed by atoms with Crippen LogP contribution in [0.3, 0.4) is 0 Å². The van der Waals surface area contributed by atoms with E-state index in [1.807, 2.05) is 43.5 Å². The van der Waals surface area contributed by atoms with Crippen LogP contribution < -0.4 is 0 Å². The second kappa shape index (κ2) is 8.32. The number of rotatable bonds is 3. The summed E-state index contributed by atoms with van der Waals surface area (Å²) in [6.07, 6.45) is 8.41. The molecule has 0 amide bonds. The zero-order valence-electron chi connectivity index (χ0n) is 15.5. The lowest BCUT2D eigenvalue weighted by molar-refractivity contribution is 0.602. The first kappa shape index (κ1) is 19.9. The number of hydrogen-bond donors (Lipinski definition) is 0. The number of aromatic nitrogens is 1. The van der Waals surface area contributed by atoms with Gasteiger partial charge in [-0.2, -0.15) is 0 Å². The van der Waals surface area contributed by atoms with E-state index in [2.05, 4.69) is 0 Å². The summed E-state index contributed by atoms with van der Waals surface area (Å²) >= 11 is 0. The molecule has 1 aliphatic rings. The topological polar surface area (TPSA) is 39.1 Å². The molecule has 1 heterocycles. The fraction of sp³-hybridized carbons (Fsp3) is 0.238. The SMILES string of the molecule is CC.Cc1ccc(-c2ccc(S(C)(=O)=O)cc2)n1C1=CCC=C(F)C=C1. The zero-order valence-corrected chi connectivity index (χ0v) is 16.3. The van der Waals surface area contributed by atoms with Gasteiger partial charge >= 0.3 is 0 Å². The highest BCUT2D eigenvalue weighted by molar-refractivity contribution is 7.90. The molecule has 1 aromatic carbocycles. The van der Waals surface area contributed by atoms with Gasteiger partial charge < -0.3 is 4.57 Å². The van der Waals surface area contributed by atoms with Gasteiger partial charge in [0.2, 0.25) is 0 Å². The Hall–Kier alpha value is -2.40. The van der Waals surface area contributed by atoms with E-state index in [0.29, 0.717) is 11.3 Å². The summed E-state index contributed by atoms with van der Waals surface area (Å²) in [6.45, 7) is 5.98. The fourth-order valence-electron chi connectivity index (χ4n) is 2.74. The smallest absolute Gasteiger partial charge is 0.175 e. The molecule has 0 saturated heterocycles. The van der Waals surface area contributed by atoms with Gasteiger partial charge in [-0.1, -0.05) is 32.1 Å². The van der Waals surface area contributed by atoms with Crippen molar-refractivity contribution in [1.82, 2.24) is 4.57 Å². The summed E-state index contributed by atoms with van der Waals surface area (Å²) in [5.41, 5.74) is 3.76. The van der Waals surface area contributed by atoms with E-state index in [-0.39, 0.29) is 5.83 Å². The molecule has 1 aliphatic carbocycles. The lowest BCUT2D eigenvalue weighted by Crippen LogP contribution is -2.00. The van der Waals surface area contributed by atoms with Crippen molar-refractivity contribution in [2.45, 2.75) is 32.1 Å². The number of halogens is 1. The number of aryl methyl sites for hydroxylation is 1. The summed E-state index contributed by atoms with van der Waals surface area (Å²) in [5, 5.41) is 0. The minimum atomic E-state index is -3.22. The lowest BCUT2D eigenvalue weighted by Gasteiger charge is -2.13. The van der Waals surface area contributed by atoms with Crippen molar-refractivity contribution in [1.29, 1.82) is 0 Å². The molecule has 0 aliphatic heterocycles. The van der Waals surface area contributed by atoms with Crippen LogP contribution in [0.5, 0.6) is 0 Å². The van der Waals surface area contributed by atoms with Crippen LogP contribution in [-0.4, -0.2) is 19.2 Å². The number of hydrogen-bond acceptors (Lipinski definition) is 2. The summed E-state index contributed by atoms with van der Waals surface area (Å²) in [4.78, 5) is 0.293. The summed E-state index contributed by atoms with van der Waals surface area (Å²) < 4.78 is 38.7. The Kier molecular flexibility index (Phi) is 6.37. The number of sulfone groups is 1. The molecule has 138 valence electrons. The van der Waals surface area contributed by atoms with Crippen molar-refractivity contribution in [3.05, 3.63) is 72.2 Å². The normalized spacial score (nSPS) is 14.0. The average Bonchev–Trinajstić information content (AvgIpc) is 2.87. The predicted molar refractivity (Wildman–Crippen MR) is 106 cm³/mol. The van der Waals surface area contributed by atoms with E-state index in [1.165, 1.54) is 18.4 Å². The molecule has 0 saturated carbocycles. The monoisotopic (exact) mass is 373 g/mol. The first-order valence-electron chi connectivity index (χ1n) is 8.59. The average molecular weight is 373 g/mol. The van der Waals surface area contributed by atoms with Crippen LogP contribution in [0.2, 0.25) is 0 Å². The Bertz CT molecular complexity index is 962. The first-order valence-corrected chi connectivity index (χ1v) is 10.5. The van der Waals surface area contributed by atoms with Gasteiger partial charge in [0.25, 0.3) is 0 Å². The van der Waals surface area contributed by atoms with E-state index in [1.54, 1.807) is 30.3 Å². The minimum absolute atomic E-state index is 0.245. The summed E-state index contributed by atoms with van der Waals surface area (Å²) in [5.74, 6) is -0.245. The standard InChI is InChI=1S/C19H18FNO2S.C2H6/c1-14-6-13-19(15-7-11-18(12-8-15)24(2,22)23)21(14)17-5-3-4-16(20)9-10-17;1-2/h4-13H,3H2,1-2H3;1-2H3. The lowest BCUT2D eigenvalue weighted by atomic mass is 10.1. The van der Waals surface area contributed by atoms with Crippen LogP contribution in [0.4, 0.5) is 4.39 Å². The Labute approximate surface area is 155 Å². The predicted octanol–water partition coefficient (Wildman–Crippen LogP) is 5.55. The van der Waals surface area contributed by atoms with Crippen LogP contribution in [0.25, 0.3) is 17.0 Å². The molecule has 0 fully saturated rings. The van der Waals surface area contributed by atoms with Gasteiger partial charge in [0, 0.05) is 17.6 Å². The van der Waals surface area contributed by atoms with E-state index >= 15 is 0 Å². The van der Waals surface area contributed by atoms with Crippen molar-refractivity contribution in [2.75, 3.05) is 6.26 Å². The molecule has 3 nitrogen and oxygen atoms in total. The molecule has 0 N–H and O–H groups in total.